The molecule has 9 heavy (non-hydrogen) atoms. The van der Waals surface area contributed by atoms with E-state index in [-0.39, 0.29) is 126 Å². The van der Waals surface area contributed by atoms with Crippen molar-refractivity contribution in [2.24, 2.45) is 0 Å². The van der Waals surface area contributed by atoms with Crippen molar-refractivity contribution >= 4 is 0 Å². The van der Waals surface area contributed by atoms with Crippen molar-refractivity contribution in [1.82, 2.24) is 0 Å². The van der Waals surface area contributed by atoms with Crippen LogP contribution < -0.4 is 59.1 Å². The third-order valence-corrected chi connectivity index (χ3v) is 0. The molecule has 5 nitrogen and oxygen atoms in total. The molecule has 0 atom stereocenters. The molecule has 0 spiro atoms. The fraction of sp³-hybridized carbons (Fsp3) is 0. The molecule has 0 saturated carbocycles. The summed E-state index contributed by atoms with van der Waals surface area (Å²) in [6.45, 7) is 0. The van der Waals surface area contributed by atoms with E-state index in [9.17, 15) is 0 Å². The van der Waals surface area contributed by atoms with E-state index < -0.39 is 0 Å². The Morgan fingerprint density at radius 2 is 0.444 bits per heavy atom. The van der Waals surface area contributed by atoms with E-state index in [1.54, 1.807) is 0 Å². The first-order chi connectivity index (χ1) is 0. The zero-order valence-corrected chi connectivity index (χ0v) is 11.7. The van der Waals surface area contributed by atoms with Crippen molar-refractivity contribution in [3.8, 4) is 0 Å². The minimum absolute atomic E-state index is 0. The molecule has 0 aliphatic rings. The molecule has 54 valence electrons. The summed E-state index contributed by atoms with van der Waals surface area (Å²) in [6.07, 6.45) is 0. The first-order valence-corrected chi connectivity index (χ1v) is 0. The average molecular weight is 230 g/mol. The second kappa shape index (κ2) is 124. The molecule has 0 aromatic carbocycles. The molecule has 0 bridgehead atoms. The maximum atomic E-state index is 0. The van der Waals surface area contributed by atoms with Gasteiger partial charge in [0.2, 0.25) is 0 Å². The van der Waals surface area contributed by atoms with Crippen molar-refractivity contribution in [2.75, 3.05) is 0 Å². The van der Waals surface area contributed by atoms with Crippen LogP contribution in [0.2, 0.25) is 0 Å². The van der Waals surface area contributed by atoms with Gasteiger partial charge in [-0.25, -0.2) is 0 Å². The van der Waals surface area contributed by atoms with E-state index in [1.165, 1.54) is 0 Å². The van der Waals surface area contributed by atoms with Crippen molar-refractivity contribution < 1.29 is 126 Å². The molecule has 0 amide bonds. The second-order valence-electron chi connectivity index (χ2n) is 0. The van der Waals surface area contributed by atoms with Gasteiger partial charge >= 0.3 is 59.1 Å². The quantitative estimate of drug-likeness (QED) is 0.364. The maximum absolute atomic E-state index is 0. The average Bonchev–Trinajstić information content (AvgIpc) is 0. The van der Waals surface area contributed by atoms with Gasteiger partial charge in [-0.15, -0.1) is 0 Å². The smallest absolute Gasteiger partial charge is 1.00 e. The van der Waals surface area contributed by atoms with Crippen molar-refractivity contribution in [3.63, 3.8) is 0 Å². The van der Waals surface area contributed by atoms with Crippen LogP contribution in [0.4, 0.5) is 0 Å². The Bertz CT molecular complexity index is 20.4. The van der Waals surface area contributed by atoms with Gasteiger partial charge in [0.1, 0.15) is 0 Å². The molecule has 0 saturated heterocycles. The Kier molecular flexibility index (Phi) is 2250. The van der Waals surface area contributed by atoms with E-state index >= 15 is 0 Å². The molecule has 0 heterocycles. The Morgan fingerprint density at radius 1 is 0.444 bits per heavy atom. The Hall–Kier alpha value is 2.97. The van der Waals surface area contributed by atoms with Crippen LogP contribution in [0.5, 0.6) is 0 Å². The van der Waals surface area contributed by atoms with Crippen LogP contribution in [0.25, 0.3) is 0 Å². The van der Waals surface area contributed by atoms with Gasteiger partial charge in [0.25, 0.3) is 0 Å². The van der Waals surface area contributed by atoms with Crippen molar-refractivity contribution in [1.29, 1.82) is 0 Å². The molecule has 2 radical (unpaired) electrons. The third kappa shape index (κ3) is 100. The first kappa shape index (κ1) is 163. The van der Waals surface area contributed by atoms with Crippen LogP contribution in [0.1, 0.15) is 2.85 Å². The SMILES string of the molecule is [H-].[H-].[Na+].[Na+].[O-2].[O-2].[O-2].[O-2].[O-2].[V].[V]. The summed E-state index contributed by atoms with van der Waals surface area (Å²) in [5.74, 6) is 0. The van der Waals surface area contributed by atoms with E-state index in [4.69, 9.17) is 0 Å². The Labute approximate surface area is 125 Å². The van der Waals surface area contributed by atoms with Gasteiger partial charge in [-0.05, 0) is 0 Å². The van der Waals surface area contributed by atoms with Crippen molar-refractivity contribution in [2.45, 2.75) is 0 Å². The summed E-state index contributed by atoms with van der Waals surface area (Å²) in [5.41, 5.74) is 0. The second-order valence-corrected chi connectivity index (χ2v) is 0. The summed E-state index contributed by atoms with van der Waals surface area (Å²) < 4.78 is 0. The molecule has 0 aliphatic carbocycles. The van der Waals surface area contributed by atoms with Gasteiger partial charge in [0.05, 0.1) is 0 Å². The molecule has 0 aromatic heterocycles. The zero-order valence-electron chi connectivity index (χ0n) is 6.94. The third-order valence-electron chi connectivity index (χ3n) is 0. The van der Waals surface area contributed by atoms with E-state index in [1.807, 2.05) is 0 Å². The number of hydrogen-bond donors (Lipinski definition) is 0. The number of rotatable bonds is 0. The largest absolute Gasteiger partial charge is 2.00 e. The summed E-state index contributed by atoms with van der Waals surface area (Å²) in [7, 11) is 0. The predicted molar refractivity (Wildman–Crippen MR) is 5.66 cm³/mol. The topological polar surface area (TPSA) is 142 Å². The molecule has 0 aliphatic heterocycles. The Morgan fingerprint density at radius 3 is 0.444 bits per heavy atom. The molecule has 0 fully saturated rings. The summed E-state index contributed by atoms with van der Waals surface area (Å²) in [5, 5.41) is 0. The first-order valence-electron chi connectivity index (χ1n) is 0. The zero-order chi connectivity index (χ0) is 0. The van der Waals surface area contributed by atoms with E-state index in [0.29, 0.717) is 0 Å². The van der Waals surface area contributed by atoms with E-state index in [2.05, 4.69) is 0 Å². The minimum Gasteiger partial charge on any atom is -2.00 e. The standard InChI is InChI=1S/2Na.5O.2V.2H/q2*+1;5*-2;;;2*-1. The van der Waals surface area contributed by atoms with Gasteiger partial charge < -0.3 is 30.2 Å². The number of hydrogen-bond acceptors (Lipinski definition) is 0. The monoisotopic (exact) mass is 230 g/mol. The fourth-order valence-corrected chi connectivity index (χ4v) is 0. The summed E-state index contributed by atoms with van der Waals surface area (Å²) in [6, 6.07) is 0. The molecule has 0 unspecified atom stereocenters. The van der Waals surface area contributed by atoms with Gasteiger partial charge in [0.15, 0.2) is 0 Å². The molecular formula is H2Na2O5V2-10. The maximum Gasteiger partial charge on any atom is 1.00 e. The molecule has 0 aromatic rings. The molecular weight excluding hydrogens is 228 g/mol. The van der Waals surface area contributed by atoms with Crippen LogP contribution >= 0.6 is 0 Å². The van der Waals surface area contributed by atoms with Crippen molar-refractivity contribution in [3.05, 3.63) is 0 Å². The van der Waals surface area contributed by atoms with E-state index in [0.717, 1.165) is 0 Å². The van der Waals surface area contributed by atoms with Gasteiger partial charge in [0, 0.05) is 37.1 Å². The van der Waals surface area contributed by atoms with Crippen LogP contribution in [0.3, 0.4) is 0 Å². The predicted octanol–water partition coefficient (Wildman–Crippen LogP) is -6.37. The van der Waals surface area contributed by atoms with Gasteiger partial charge in [-0.1, -0.05) is 0 Å². The summed E-state index contributed by atoms with van der Waals surface area (Å²) in [4.78, 5) is 0. The fourth-order valence-electron chi connectivity index (χ4n) is 0. The minimum atomic E-state index is 0. The molecule has 0 rings (SSSR count). The van der Waals surface area contributed by atoms with Crippen LogP contribution in [-0.4, -0.2) is 0 Å². The summed E-state index contributed by atoms with van der Waals surface area (Å²) >= 11 is 0. The molecule has 9 heteroatoms. The normalized spacial score (nSPS) is 0. The van der Waals surface area contributed by atoms with Gasteiger partial charge in [-0.3, -0.25) is 0 Å². The molecule has 0 N–H and O–H groups in total. The van der Waals surface area contributed by atoms with Crippen LogP contribution in [-0.2, 0) is 64.5 Å². The van der Waals surface area contributed by atoms with Crippen LogP contribution in [0, 0.1) is 0 Å². The van der Waals surface area contributed by atoms with Crippen LogP contribution in [0.15, 0.2) is 0 Å². The Balaban J connectivity index is 0. The van der Waals surface area contributed by atoms with Gasteiger partial charge in [-0.2, -0.15) is 0 Å².